The first-order valence-corrected chi connectivity index (χ1v) is 11.2. The van der Waals surface area contributed by atoms with Gasteiger partial charge in [-0.3, -0.25) is 13.9 Å². The summed E-state index contributed by atoms with van der Waals surface area (Å²) in [5.74, 6) is -0.769. The zero-order valence-corrected chi connectivity index (χ0v) is 19.0. The summed E-state index contributed by atoms with van der Waals surface area (Å²) in [5.41, 5.74) is 2.69. The van der Waals surface area contributed by atoms with E-state index >= 15 is 0 Å². The van der Waals surface area contributed by atoms with Gasteiger partial charge in [0.25, 0.3) is 5.91 Å². The molecule has 3 aromatic carbocycles. The zero-order valence-electron chi connectivity index (χ0n) is 19.0. The third-order valence-electron chi connectivity index (χ3n) is 6.61. The summed E-state index contributed by atoms with van der Waals surface area (Å²) < 4.78 is 14.9. The van der Waals surface area contributed by atoms with Crippen LogP contribution in [-0.4, -0.2) is 21.1 Å². The highest BCUT2D eigenvalue weighted by molar-refractivity contribution is 5.98. The average Bonchev–Trinajstić information content (AvgIpc) is 3.38. The standard InChI is InChI=1S/C27H21N3O5/c1-29-18-13-12-15(14-19(18)30(2)27(29)33)21-22-23(17-10-6-7-11-20(17)34-26(22)32)35-24(21)25(31)28-16-8-4-3-5-9-16/h3-14,21,24H,1-2H3,(H,28,31)/t21-,24-/m0/s1. The van der Waals surface area contributed by atoms with Crippen molar-refractivity contribution in [1.82, 2.24) is 9.13 Å². The second-order valence-corrected chi connectivity index (χ2v) is 8.65. The highest BCUT2D eigenvalue weighted by atomic mass is 16.5. The van der Waals surface area contributed by atoms with Crippen molar-refractivity contribution in [1.29, 1.82) is 0 Å². The quantitative estimate of drug-likeness (QED) is 0.410. The molecule has 1 aliphatic heterocycles. The molecule has 35 heavy (non-hydrogen) atoms. The molecule has 0 spiro atoms. The second-order valence-electron chi connectivity index (χ2n) is 8.65. The number of hydrogen-bond acceptors (Lipinski definition) is 5. The van der Waals surface area contributed by atoms with Crippen molar-refractivity contribution in [3.05, 3.63) is 105 Å². The number of nitrogens with one attached hydrogen (secondary N) is 1. The van der Waals surface area contributed by atoms with Crippen LogP contribution in [-0.2, 0) is 18.9 Å². The summed E-state index contributed by atoms with van der Waals surface area (Å²) in [7, 11) is 3.39. The van der Waals surface area contributed by atoms with Crippen molar-refractivity contribution in [2.75, 3.05) is 5.32 Å². The van der Waals surface area contributed by atoms with Gasteiger partial charge in [0.1, 0.15) is 11.3 Å². The van der Waals surface area contributed by atoms with Crippen LogP contribution in [0.5, 0.6) is 5.75 Å². The Balaban J connectivity index is 1.55. The molecule has 5 aromatic rings. The van der Waals surface area contributed by atoms with Gasteiger partial charge in [-0.25, -0.2) is 9.59 Å². The van der Waals surface area contributed by atoms with E-state index in [9.17, 15) is 14.4 Å². The van der Waals surface area contributed by atoms with E-state index in [1.807, 2.05) is 42.5 Å². The number of hydrogen-bond donors (Lipinski definition) is 1. The first kappa shape index (κ1) is 21.0. The molecule has 6 rings (SSSR count). The molecule has 0 saturated heterocycles. The number of aryl methyl sites for hydroxylation is 2. The van der Waals surface area contributed by atoms with E-state index < -0.39 is 17.6 Å². The normalized spacial score (nSPS) is 16.9. The molecule has 0 bridgehead atoms. The minimum atomic E-state index is -1.02. The number of anilines is 1. The van der Waals surface area contributed by atoms with Gasteiger partial charge < -0.3 is 14.5 Å². The van der Waals surface area contributed by atoms with Gasteiger partial charge in [0.15, 0.2) is 6.10 Å². The number of amides is 1. The molecule has 0 aliphatic carbocycles. The number of fused-ring (bicyclic) bond motifs is 4. The highest BCUT2D eigenvalue weighted by Crippen LogP contribution is 2.45. The summed E-state index contributed by atoms with van der Waals surface area (Å²) in [5, 5.41) is 3.51. The van der Waals surface area contributed by atoms with Crippen molar-refractivity contribution in [2.45, 2.75) is 12.0 Å². The van der Waals surface area contributed by atoms with E-state index in [-0.39, 0.29) is 17.2 Å². The maximum Gasteiger partial charge on any atom is 0.344 e. The van der Waals surface area contributed by atoms with Crippen molar-refractivity contribution in [2.24, 2.45) is 14.1 Å². The number of carbonyl (C=O) groups is 1. The molecule has 8 heteroatoms. The second kappa shape index (κ2) is 7.73. The van der Waals surface area contributed by atoms with Crippen molar-refractivity contribution in [3.63, 3.8) is 0 Å². The van der Waals surface area contributed by atoms with Crippen LogP contribution in [0.1, 0.15) is 17.0 Å². The summed E-state index contributed by atoms with van der Waals surface area (Å²) in [6, 6.07) is 21.6. The summed E-state index contributed by atoms with van der Waals surface area (Å²) in [6.07, 6.45) is -1.02. The van der Waals surface area contributed by atoms with Gasteiger partial charge >= 0.3 is 11.3 Å². The Labute approximate surface area is 199 Å². The average molecular weight is 467 g/mol. The highest BCUT2D eigenvalue weighted by Gasteiger charge is 2.44. The van der Waals surface area contributed by atoms with Crippen LogP contribution < -0.4 is 21.4 Å². The molecule has 174 valence electrons. The van der Waals surface area contributed by atoms with Gasteiger partial charge in [-0.2, -0.15) is 0 Å². The first-order valence-electron chi connectivity index (χ1n) is 11.2. The van der Waals surface area contributed by atoms with Crippen LogP contribution in [0.25, 0.3) is 22.0 Å². The summed E-state index contributed by atoms with van der Waals surface area (Å²) in [6.45, 7) is 0. The number of carbonyl (C=O) groups excluding carboxylic acids is 1. The number of imidazole rings is 1. The predicted octanol–water partition coefficient (Wildman–Crippen LogP) is 3.52. The van der Waals surface area contributed by atoms with Gasteiger partial charge in [0.2, 0.25) is 0 Å². The molecule has 2 aromatic heterocycles. The number of aromatic nitrogens is 2. The van der Waals surface area contributed by atoms with Crippen LogP contribution in [0.2, 0.25) is 0 Å². The van der Waals surface area contributed by atoms with E-state index in [1.165, 1.54) is 4.57 Å². The van der Waals surface area contributed by atoms with E-state index in [4.69, 9.17) is 9.15 Å². The van der Waals surface area contributed by atoms with Gasteiger partial charge in [0.05, 0.1) is 27.9 Å². The van der Waals surface area contributed by atoms with Crippen LogP contribution in [0, 0.1) is 0 Å². The molecule has 8 nitrogen and oxygen atoms in total. The van der Waals surface area contributed by atoms with Crippen molar-refractivity contribution in [3.8, 4) is 5.75 Å². The molecule has 2 atom stereocenters. The molecule has 3 heterocycles. The molecule has 1 amide bonds. The van der Waals surface area contributed by atoms with Crippen LogP contribution in [0.3, 0.4) is 0 Å². The number of benzene rings is 3. The third kappa shape index (κ3) is 3.18. The fourth-order valence-electron chi connectivity index (χ4n) is 4.88. The van der Waals surface area contributed by atoms with Crippen molar-refractivity contribution >= 4 is 33.6 Å². The maximum atomic E-state index is 13.5. The third-order valence-corrected chi connectivity index (χ3v) is 6.61. The van der Waals surface area contributed by atoms with Crippen LogP contribution >= 0.6 is 0 Å². The summed E-state index contributed by atoms with van der Waals surface area (Å²) >= 11 is 0. The lowest BCUT2D eigenvalue weighted by Gasteiger charge is -2.19. The Hall–Kier alpha value is -4.59. The molecule has 1 aliphatic rings. The predicted molar refractivity (Wildman–Crippen MR) is 132 cm³/mol. The molecular weight excluding hydrogens is 446 g/mol. The molecule has 0 radical (unpaired) electrons. The molecule has 0 unspecified atom stereocenters. The minimum Gasteiger partial charge on any atom is -0.478 e. The fourth-order valence-corrected chi connectivity index (χ4v) is 4.88. The SMILES string of the molecule is Cn1c(=O)n(C)c2cc([C@H]3c4c(c5ccccc5oc4=O)O[C@@H]3C(=O)Nc3ccccc3)ccc21. The topological polar surface area (TPSA) is 95.5 Å². The Morgan fingerprint density at radius 3 is 2.40 bits per heavy atom. The van der Waals surface area contributed by atoms with Crippen LogP contribution in [0.15, 0.2) is 86.8 Å². The first-order chi connectivity index (χ1) is 16.9. The van der Waals surface area contributed by atoms with Gasteiger partial charge in [-0.05, 0) is 42.0 Å². The number of nitrogens with zero attached hydrogens (tertiary/aromatic N) is 2. The zero-order chi connectivity index (χ0) is 24.3. The summed E-state index contributed by atoms with van der Waals surface area (Å²) in [4.78, 5) is 39.1. The lowest BCUT2D eigenvalue weighted by atomic mass is 9.88. The Kier molecular flexibility index (Phi) is 4.63. The molecular formula is C27H21N3O5. The molecule has 0 fully saturated rings. The smallest absolute Gasteiger partial charge is 0.344 e. The van der Waals surface area contributed by atoms with Gasteiger partial charge in [-0.15, -0.1) is 0 Å². The number of para-hydroxylation sites is 2. The van der Waals surface area contributed by atoms with Crippen LogP contribution in [0.4, 0.5) is 5.69 Å². The fraction of sp³-hybridized carbons (Fsp3) is 0.148. The van der Waals surface area contributed by atoms with E-state index in [1.54, 1.807) is 49.0 Å². The van der Waals surface area contributed by atoms with Gasteiger partial charge in [-0.1, -0.05) is 36.4 Å². The lowest BCUT2D eigenvalue weighted by molar-refractivity contribution is -0.122. The Bertz CT molecular complexity index is 1750. The minimum absolute atomic E-state index is 0.163. The number of rotatable bonds is 3. The van der Waals surface area contributed by atoms with E-state index in [2.05, 4.69) is 5.32 Å². The number of ether oxygens (including phenoxy) is 1. The van der Waals surface area contributed by atoms with E-state index in [0.29, 0.717) is 33.5 Å². The molecule has 0 saturated carbocycles. The Morgan fingerprint density at radius 1 is 0.886 bits per heavy atom. The largest absolute Gasteiger partial charge is 0.478 e. The maximum absolute atomic E-state index is 13.5. The monoisotopic (exact) mass is 467 g/mol. The van der Waals surface area contributed by atoms with Gasteiger partial charge in [0, 0.05) is 19.8 Å². The van der Waals surface area contributed by atoms with Crippen molar-refractivity contribution < 1.29 is 13.9 Å². The molecule has 1 N–H and O–H groups in total. The Morgan fingerprint density at radius 2 is 1.60 bits per heavy atom. The lowest BCUT2D eigenvalue weighted by Crippen LogP contribution is -2.35. The van der Waals surface area contributed by atoms with E-state index in [0.717, 1.165) is 5.52 Å².